The fraction of sp³-hybridized carbons (Fsp3) is 0.300. The summed E-state index contributed by atoms with van der Waals surface area (Å²) in [5, 5.41) is 1.08. The zero-order valence-electron chi connectivity index (χ0n) is 13.9. The van der Waals surface area contributed by atoms with Gasteiger partial charge in [-0.05, 0) is 49.1 Å². The summed E-state index contributed by atoms with van der Waals surface area (Å²) in [4.78, 5) is 14.6. The van der Waals surface area contributed by atoms with Crippen LogP contribution in [0.4, 0.5) is 10.2 Å². The van der Waals surface area contributed by atoms with Crippen molar-refractivity contribution in [3.63, 3.8) is 0 Å². The number of rotatable bonds is 3. The molecule has 2 aliphatic rings. The average molecular weight is 334 g/mol. The highest BCUT2D eigenvalue weighted by Gasteiger charge is 2.27. The highest BCUT2D eigenvalue weighted by Crippen LogP contribution is 2.38. The van der Waals surface area contributed by atoms with Gasteiger partial charge in [0.2, 0.25) is 0 Å². The smallest absolute Gasteiger partial charge is 0.133 e. The minimum Gasteiger partial charge on any atom is -0.360 e. The maximum absolute atomic E-state index is 13.4. The van der Waals surface area contributed by atoms with E-state index in [2.05, 4.69) is 20.9 Å². The molecule has 0 atom stereocenters. The number of halogens is 1. The van der Waals surface area contributed by atoms with Crippen molar-refractivity contribution in [3.8, 4) is 0 Å². The van der Waals surface area contributed by atoms with E-state index in [1.54, 1.807) is 6.07 Å². The first-order valence-corrected chi connectivity index (χ1v) is 8.82. The largest absolute Gasteiger partial charge is 0.360 e. The van der Waals surface area contributed by atoms with Crippen LogP contribution in [0.5, 0.6) is 0 Å². The van der Waals surface area contributed by atoms with E-state index < -0.39 is 0 Å². The van der Waals surface area contributed by atoms with Gasteiger partial charge in [-0.1, -0.05) is 6.08 Å². The normalized spacial score (nSPS) is 17.8. The average Bonchev–Trinajstić information content (AvgIpc) is 3.42. The van der Waals surface area contributed by atoms with Crippen LogP contribution in [0.3, 0.4) is 0 Å². The molecule has 1 fully saturated rings. The monoisotopic (exact) mass is 334 g/mol. The lowest BCUT2D eigenvalue weighted by Gasteiger charge is -2.27. The lowest BCUT2D eigenvalue weighted by atomic mass is 9.99. The molecule has 5 heteroatoms. The Morgan fingerprint density at radius 3 is 2.92 bits per heavy atom. The van der Waals surface area contributed by atoms with Gasteiger partial charge in [-0.15, -0.1) is 0 Å². The zero-order valence-corrected chi connectivity index (χ0v) is 13.9. The van der Waals surface area contributed by atoms with Crippen LogP contribution in [-0.4, -0.2) is 28.0 Å². The second-order valence-corrected chi connectivity index (χ2v) is 6.86. The number of hydrogen-bond acceptors (Lipinski definition) is 3. The van der Waals surface area contributed by atoms with Gasteiger partial charge in [-0.2, -0.15) is 0 Å². The van der Waals surface area contributed by atoms with Crippen LogP contribution in [-0.2, 0) is 0 Å². The van der Waals surface area contributed by atoms with E-state index >= 15 is 0 Å². The standard InChI is InChI=1S/C20H19FN4/c21-15-3-4-16-17(12-23-18(16)11-15)13-6-9-25(10-7-13)19-5-8-22-20(24-19)14-1-2-14/h3-6,8,11-12,14,23H,1-2,7,9-10H2. The number of hydrogen-bond donors (Lipinski definition) is 1. The molecular formula is C20H19FN4. The molecule has 25 heavy (non-hydrogen) atoms. The molecule has 2 aromatic heterocycles. The van der Waals surface area contributed by atoms with E-state index in [4.69, 9.17) is 4.98 Å². The van der Waals surface area contributed by atoms with Gasteiger partial charge in [-0.25, -0.2) is 14.4 Å². The summed E-state index contributed by atoms with van der Waals surface area (Å²) in [6, 6.07) is 6.93. The van der Waals surface area contributed by atoms with E-state index in [-0.39, 0.29) is 5.82 Å². The maximum atomic E-state index is 13.4. The number of fused-ring (bicyclic) bond motifs is 1. The molecule has 3 aromatic rings. The van der Waals surface area contributed by atoms with Crippen molar-refractivity contribution in [2.24, 2.45) is 0 Å². The van der Waals surface area contributed by atoms with Crippen molar-refractivity contribution in [3.05, 3.63) is 59.9 Å². The van der Waals surface area contributed by atoms with E-state index in [0.29, 0.717) is 5.92 Å². The van der Waals surface area contributed by atoms with Crippen LogP contribution >= 0.6 is 0 Å². The first-order valence-electron chi connectivity index (χ1n) is 8.82. The van der Waals surface area contributed by atoms with Crippen molar-refractivity contribution in [2.45, 2.75) is 25.2 Å². The van der Waals surface area contributed by atoms with E-state index in [1.807, 2.05) is 24.5 Å². The molecule has 1 aliphatic carbocycles. The lowest BCUT2D eigenvalue weighted by molar-refractivity contribution is 0.629. The second kappa shape index (κ2) is 5.69. The predicted molar refractivity (Wildman–Crippen MR) is 97.1 cm³/mol. The summed E-state index contributed by atoms with van der Waals surface area (Å²) in [6.45, 7) is 1.77. The van der Waals surface area contributed by atoms with Gasteiger partial charge in [0.05, 0.1) is 0 Å². The third kappa shape index (κ3) is 2.69. The van der Waals surface area contributed by atoms with E-state index in [9.17, 15) is 4.39 Å². The van der Waals surface area contributed by atoms with Gasteiger partial charge < -0.3 is 9.88 Å². The minimum absolute atomic E-state index is 0.208. The Hall–Kier alpha value is -2.69. The summed E-state index contributed by atoms with van der Waals surface area (Å²) in [5.41, 5.74) is 3.34. The Bertz CT molecular complexity index is 971. The molecule has 0 spiro atoms. The van der Waals surface area contributed by atoms with E-state index in [0.717, 1.165) is 42.1 Å². The molecule has 0 radical (unpaired) electrons. The first-order chi connectivity index (χ1) is 12.3. The van der Waals surface area contributed by atoms with Crippen LogP contribution in [0.15, 0.2) is 42.7 Å². The summed E-state index contributed by atoms with van der Waals surface area (Å²) >= 11 is 0. The van der Waals surface area contributed by atoms with Gasteiger partial charge in [0.1, 0.15) is 17.5 Å². The molecule has 0 bridgehead atoms. The molecule has 0 saturated heterocycles. The molecule has 1 aromatic carbocycles. The Morgan fingerprint density at radius 1 is 1.20 bits per heavy atom. The third-order valence-electron chi connectivity index (χ3n) is 5.12. The molecule has 4 nitrogen and oxygen atoms in total. The maximum Gasteiger partial charge on any atom is 0.133 e. The SMILES string of the molecule is Fc1ccc2c(C3=CCN(c4ccnc(C5CC5)n4)CC3)c[nH]c2c1. The molecular weight excluding hydrogens is 315 g/mol. The second-order valence-electron chi connectivity index (χ2n) is 6.86. The fourth-order valence-electron chi connectivity index (χ4n) is 3.56. The van der Waals surface area contributed by atoms with E-state index in [1.165, 1.54) is 30.0 Å². The Labute approximate surface area is 145 Å². The number of nitrogens with zero attached hydrogens (tertiary/aromatic N) is 3. The van der Waals surface area contributed by atoms with Crippen molar-refractivity contribution >= 4 is 22.3 Å². The molecule has 1 aliphatic heterocycles. The Kier molecular flexibility index (Phi) is 3.33. The first kappa shape index (κ1) is 14.6. The number of nitrogens with one attached hydrogen (secondary N) is 1. The van der Waals surface area contributed by atoms with Crippen molar-refractivity contribution in [2.75, 3.05) is 18.0 Å². The number of benzene rings is 1. The van der Waals surface area contributed by atoms with Crippen molar-refractivity contribution < 1.29 is 4.39 Å². The number of H-pyrrole nitrogens is 1. The van der Waals surface area contributed by atoms with Crippen LogP contribution in [0.25, 0.3) is 16.5 Å². The molecule has 0 amide bonds. The highest BCUT2D eigenvalue weighted by atomic mass is 19.1. The van der Waals surface area contributed by atoms with Crippen LogP contribution in [0.2, 0.25) is 0 Å². The zero-order chi connectivity index (χ0) is 16.8. The number of aromatic amines is 1. The minimum atomic E-state index is -0.208. The predicted octanol–water partition coefficient (Wildman–Crippen LogP) is 4.27. The van der Waals surface area contributed by atoms with Crippen molar-refractivity contribution in [1.82, 2.24) is 15.0 Å². The van der Waals surface area contributed by atoms with Gasteiger partial charge in [0.15, 0.2) is 0 Å². The molecule has 1 saturated carbocycles. The van der Waals surface area contributed by atoms with Crippen LogP contribution < -0.4 is 4.90 Å². The summed E-state index contributed by atoms with van der Waals surface area (Å²) in [6.07, 6.45) is 9.51. The molecule has 1 N–H and O–H groups in total. The van der Waals surface area contributed by atoms with Gasteiger partial charge in [0.25, 0.3) is 0 Å². The summed E-state index contributed by atoms with van der Waals surface area (Å²) < 4.78 is 13.4. The number of aromatic nitrogens is 3. The van der Waals surface area contributed by atoms with Gasteiger partial charge in [0, 0.05) is 47.9 Å². The Morgan fingerprint density at radius 2 is 2.12 bits per heavy atom. The molecule has 5 rings (SSSR count). The fourth-order valence-corrected chi connectivity index (χ4v) is 3.56. The highest BCUT2D eigenvalue weighted by molar-refractivity contribution is 5.93. The number of anilines is 1. The molecule has 0 unspecified atom stereocenters. The van der Waals surface area contributed by atoms with Gasteiger partial charge >= 0.3 is 0 Å². The summed E-state index contributed by atoms with van der Waals surface area (Å²) in [7, 11) is 0. The van der Waals surface area contributed by atoms with Crippen LogP contribution in [0.1, 0.15) is 36.6 Å². The summed E-state index contributed by atoms with van der Waals surface area (Å²) in [5.74, 6) is 2.38. The Balaban J connectivity index is 1.40. The molecule has 126 valence electrons. The quantitative estimate of drug-likeness (QED) is 0.778. The topological polar surface area (TPSA) is 44.8 Å². The lowest BCUT2D eigenvalue weighted by Crippen LogP contribution is -2.29. The van der Waals surface area contributed by atoms with Gasteiger partial charge in [-0.3, -0.25) is 0 Å². The van der Waals surface area contributed by atoms with Crippen molar-refractivity contribution in [1.29, 1.82) is 0 Å². The van der Waals surface area contributed by atoms with Crippen LogP contribution in [0, 0.1) is 5.82 Å². The molecule has 3 heterocycles. The third-order valence-corrected chi connectivity index (χ3v) is 5.12.